The van der Waals surface area contributed by atoms with Crippen LogP contribution in [0, 0.1) is 40.4 Å². The Morgan fingerprint density at radius 3 is 2.22 bits per heavy atom. The van der Waals surface area contributed by atoms with Crippen LogP contribution in [0.25, 0.3) is 0 Å². The predicted molar refractivity (Wildman–Crippen MR) is 126 cm³/mol. The topological polar surface area (TPSA) is 37.4 Å². The van der Waals surface area contributed by atoms with E-state index in [2.05, 4.69) is 26.5 Å². The number of fused-ring (bicyclic) bond motifs is 6. The Kier molecular flexibility index (Phi) is 4.56. The van der Waals surface area contributed by atoms with Gasteiger partial charge in [-0.3, -0.25) is 14.5 Å². The predicted octanol–water partition coefficient (Wildman–Crippen LogP) is 6.50. The lowest BCUT2D eigenvalue weighted by Gasteiger charge is -2.61. The SMILES string of the molecule is C=C[C@H]1CC[C@H]2[C@@H]3CCC4C[C@H](N5C(=O)c6ccccc6C5=O)CC[C@]4(C)[C@H]3CC[C@]12C. The highest BCUT2D eigenvalue weighted by Crippen LogP contribution is 2.67. The number of hydrogen-bond acceptors (Lipinski definition) is 2. The van der Waals surface area contributed by atoms with E-state index in [-0.39, 0.29) is 17.9 Å². The fourth-order valence-corrected chi connectivity index (χ4v) is 9.44. The second-order valence-corrected chi connectivity index (χ2v) is 12.1. The Morgan fingerprint density at radius 1 is 0.875 bits per heavy atom. The van der Waals surface area contributed by atoms with Crippen LogP contribution in [0.1, 0.15) is 92.4 Å². The van der Waals surface area contributed by atoms with Crippen molar-refractivity contribution in [3.05, 3.63) is 48.0 Å². The molecule has 1 aromatic rings. The van der Waals surface area contributed by atoms with Gasteiger partial charge in [0.2, 0.25) is 0 Å². The number of imide groups is 1. The summed E-state index contributed by atoms with van der Waals surface area (Å²) in [5, 5.41) is 0. The van der Waals surface area contributed by atoms with Gasteiger partial charge in [0.15, 0.2) is 0 Å². The fourth-order valence-electron chi connectivity index (χ4n) is 9.44. The van der Waals surface area contributed by atoms with Gasteiger partial charge in [-0.2, -0.15) is 0 Å². The zero-order valence-electron chi connectivity index (χ0n) is 19.7. The quantitative estimate of drug-likeness (QED) is 0.396. The Balaban J connectivity index is 1.23. The lowest BCUT2D eigenvalue weighted by Crippen LogP contribution is -2.55. The summed E-state index contributed by atoms with van der Waals surface area (Å²) < 4.78 is 0. The molecule has 170 valence electrons. The van der Waals surface area contributed by atoms with Crippen LogP contribution < -0.4 is 0 Å². The second kappa shape index (κ2) is 7.05. The normalized spacial score (nSPS) is 45.1. The van der Waals surface area contributed by atoms with Gasteiger partial charge in [0.25, 0.3) is 11.8 Å². The lowest BCUT2D eigenvalue weighted by molar-refractivity contribution is -0.115. The summed E-state index contributed by atoms with van der Waals surface area (Å²) in [4.78, 5) is 27.8. The first-order chi connectivity index (χ1) is 15.4. The molecule has 0 radical (unpaired) electrons. The minimum atomic E-state index is -0.0669. The standard InChI is InChI=1S/C29H37NO2/c1-4-18-10-12-24-23-11-9-19-17-20(13-15-29(19,3)25(23)14-16-28(18,24)2)30-26(31)21-7-5-6-8-22(21)27(30)32/h4-8,18-20,23-25H,1,9-17H2,2-3H3/t18-,19?,20+,23-,24-,25-,28+,29-/m0/s1. The van der Waals surface area contributed by atoms with E-state index in [1.165, 1.54) is 38.5 Å². The molecule has 3 nitrogen and oxygen atoms in total. The highest BCUT2D eigenvalue weighted by molar-refractivity contribution is 6.21. The molecule has 0 N–H and O–H groups in total. The molecular formula is C29H37NO2. The van der Waals surface area contributed by atoms with E-state index in [0.29, 0.717) is 33.8 Å². The molecule has 1 unspecified atom stereocenters. The van der Waals surface area contributed by atoms with Crippen LogP contribution >= 0.6 is 0 Å². The highest BCUT2D eigenvalue weighted by Gasteiger charge is 2.60. The van der Waals surface area contributed by atoms with Crippen molar-refractivity contribution < 1.29 is 9.59 Å². The molecule has 32 heavy (non-hydrogen) atoms. The summed E-state index contributed by atoms with van der Waals surface area (Å²) in [5.74, 6) is 3.72. The molecule has 0 bridgehead atoms. The number of allylic oxidation sites excluding steroid dienone is 1. The third kappa shape index (κ3) is 2.60. The highest BCUT2D eigenvalue weighted by atomic mass is 16.2. The molecule has 1 heterocycles. The minimum Gasteiger partial charge on any atom is -0.271 e. The van der Waals surface area contributed by atoms with Gasteiger partial charge in [-0.1, -0.05) is 32.1 Å². The van der Waals surface area contributed by atoms with Crippen molar-refractivity contribution in [1.29, 1.82) is 0 Å². The van der Waals surface area contributed by atoms with Crippen molar-refractivity contribution in [2.24, 2.45) is 40.4 Å². The number of hydrogen-bond donors (Lipinski definition) is 0. The molecule has 4 fully saturated rings. The van der Waals surface area contributed by atoms with Gasteiger partial charge < -0.3 is 0 Å². The van der Waals surface area contributed by atoms with Crippen LogP contribution in [-0.2, 0) is 0 Å². The van der Waals surface area contributed by atoms with E-state index in [1.807, 2.05) is 24.3 Å². The van der Waals surface area contributed by atoms with E-state index in [0.717, 1.165) is 37.0 Å². The number of benzene rings is 1. The van der Waals surface area contributed by atoms with Gasteiger partial charge >= 0.3 is 0 Å². The first kappa shape index (κ1) is 20.7. The molecule has 0 aromatic heterocycles. The number of carbonyl (C=O) groups is 2. The van der Waals surface area contributed by atoms with Crippen molar-refractivity contribution in [1.82, 2.24) is 4.90 Å². The first-order valence-corrected chi connectivity index (χ1v) is 13.0. The summed E-state index contributed by atoms with van der Waals surface area (Å²) in [6.45, 7) is 9.30. The van der Waals surface area contributed by atoms with Crippen LogP contribution in [0.5, 0.6) is 0 Å². The fraction of sp³-hybridized carbons (Fsp3) is 0.655. The summed E-state index contributed by atoms with van der Waals surface area (Å²) in [7, 11) is 0. The maximum absolute atomic E-state index is 13.1. The van der Waals surface area contributed by atoms with Crippen LogP contribution in [0.2, 0.25) is 0 Å². The average molecular weight is 432 g/mol. The van der Waals surface area contributed by atoms with Gasteiger partial charge in [-0.15, -0.1) is 6.58 Å². The molecule has 0 spiro atoms. The first-order valence-electron chi connectivity index (χ1n) is 13.0. The van der Waals surface area contributed by atoms with E-state index in [1.54, 1.807) is 4.90 Å². The molecule has 1 aromatic carbocycles. The molecular weight excluding hydrogens is 394 g/mol. The van der Waals surface area contributed by atoms with Crippen molar-refractivity contribution in [2.45, 2.75) is 77.7 Å². The van der Waals surface area contributed by atoms with Crippen molar-refractivity contribution in [3.8, 4) is 0 Å². The smallest absolute Gasteiger partial charge is 0.261 e. The summed E-state index contributed by atoms with van der Waals surface area (Å²) >= 11 is 0. The molecule has 4 aliphatic carbocycles. The monoisotopic (exact) mass is 431 g/mol. The van der Waals surface area contributed by atoms with Crippen molar-refractivity contribution >= 4 is 11.8 Å². The van der Waals surface area contributed by atoms with Gasteiger partial charge in [-0.05, 0) is 110 Å². The molecule has 5 aliphatic rings. The zero-order chi connectivity index (χ0) is 22.3. The van der Waals surface area contributed by atoms with Gasteiger partial charge in [0.1, 0.15) is 0 Å². The third-order valence-corrected chi connectivity index (χ3v) is 11.2. The molecule has 2 amide bonds. The second-order valence-electron chi connectivity index (χ2n) is 12.1. The van der Waals surface area contributed by atoms with E-state index < -0.39 is 0 Å². The van der Waals surface area contributed by atoms with Crippen LogP contribution in [-0.4, -0.2) is 22.8 Å². The summed E-state index contributed by atoms with van der Waals surface area (Å²) in [5.41, 5.74) is 2.02. The molecule has 6 rings (SSSR count). The molecule has 8 atom stereocenters. The minimum absolute atomic E-state index is 0.0669. The molecule has 0 saturated heterocycles. The molecule has 1 aliphatic heterocycles. The van der Waals surface area contributed by atoms with Crippen molar-refractivity contribution in [2.75, 3.05) is 0 Å². The maximum Gasteiger partial charge on any atom is 0.261 e. The number of rotatable bonds is 2. The lowest BCUT2D eigenvalue weighted by atomic mass is 9.44. The number of amides is 2. The van der Waals surface area contributed by atoms with E-state index >= 15 is 0 Å². The van der Waals surface area contributed by atoms with E-state index in [9.17, 15) is 9.59 Å². The maximum atomic E-state index is 13.1. The Labute approximate surface area is 192 Å². The van der Waals surface area contributed by atoms with Crippen molar-refractivity contribution in [3.63, 3.8) is 0 Å². The summed E-state index contributed by atoms with van der Waals surface area (Å²) in [6.07, 6.45) is 13.4. The Bertz CT molecular complexity index is 948. The van der Waals surface area contributed by atoms with E-state index in [4.69, 9.17) is 0 Å². The van der Waals surface area contributed by atoms with Crippen LogP contribution in [0.3, 0.4) is 0 Å². The van der Waals surface area contributed by atoms with Gasteiger partial charge in [-0.25, -0.2) is 0 Å². The van der Waals surface area contributed by atoms with Crippen LogP contribution in [0.15, 0.2) is 36.9 Å². The van der Waals surface area contributed by atoms with Gasteiger partial charge in [0.05, 0.1) is 11.1 Å². The molecule has 3 heteroatoms. The van der Waals surface area contributed by atoms with Crippen LogP contribution in [0.4, 0.5) is 0 Å². The van der Waals surface area contributed by atoms with Gasteiger partial charge in [0, 0.05) is 6.04 Å². The Hall–Kier alpha value is -1.90. The average Bonchev–Trinajstić information content (AvgIpc) is 3.27. The Morgan fingerprint density at radius 2 is 1.53 bits per heavy atom. The zero-order valence-corrected chi connectivity index (χ0v) is 19.7. The third-order valence-electron chi connectivity index (χ3n) is 11.2. The molecule has 4 saturated carbocycles. The largest absolute Gasteiger partial charge is 0.271 e. The number of nitrogens with zero attached hydrogens (tertiary/aromatic N) is 1. The summed E-state index contributed by atoms with van der Waals surface area (Å²) in [6, 6.07) is 7.42. The number of carbonyl (C=O) groups excluding carboxylic acids is 2.